The van der Waals surface area contributed by atoms with Crippen molar-refractivity contribution in [2.75, 3.05) is 66.3 Å². The van der Waals surface area contributed by atoms with E-state index in [-0.39, 0.29) is 30.0 Å². The predicted octanol–water partition coefficient (Wildman–Crippen LogP) is -0.466. The fourth-order valence-electron chi connectivity index (χ4n) is 4.71. The standard InChI is InChI=1S/C21H27N3O7/c1-29-17-4-2-15(3-5-17)20(28)22-8-16-9-30-7-6-24(16)21(12-22)13-23(14-21)18(25)10-31-11-19(26)27/h2-5,16H,6-14H2,1H3,(H,26,27)/t16-/m1/s1. The van der Waals surface area contributed by atoms with Crippen LogP contribution in [0.15, 0.2) is 24.3 Å². The highest BCUT2D eigenvalue weighted by atomic mass is 16.5. The Morgan fingerprint density at radius 3 is 2.52 bits per heavy atom. The number of amides is 2. The number of methoxy groups -OCH3 is 1. The number of nitrogens with zero attached hydrogens (tertiary/aromatic N) is 3. The van der Waals surface area contributed by atoms with E-state index in [4.69, 9.17) is 19.3 Å². The molecule has 1 atom stereocenters. The van der Waals surface area contributed by atoms with Crippen LogP contribution in [0, 0.1) is 0 Å². The number of rotatable bonds is 6. The molecular formula is C21H27N3O7. The number of morpholine rings is 1. The Bertz CT molecular complexity index is 838. The van der Waals surface area contributed by atoms with E-state index in [1.165, 1.54) is 0 Å². The smallest absolute Gasteiger partial charge is 0.329 e. The lowest BCUT2D eigenvalue weighted by Gasteiger charge is -2.63. The van der Waals surface area contributed by atoms with Gasteiger partial charge in [0, 0.05) is 38.3 Å². The van der Waals surface area contributed by atoms with Gasteiger partial charge in [0.2, 0.25) is 5.91 Å². The molecule has 3 aliphatic heterocycles. The van der Waals surface area contributed by atoms with Crippen molar-refractivity contribution in [1.29, 1.82) is 0 Å². The van der Waals surface area contributed by atoms with Crippen LogP contribution in [0.2, 0.25) is 0 Å². The Hall–Kier alpha value is -2.69. The van der Waals surface area contributed by atoms with Crippen molar-refractivity contribution in [3.63, 3.8) is 0 Å². The van der Waals surface area contributed by atoms with Crippen LogP contribution in [0.1, 0.15) is 10.4 Å². The molecule has 0 aromatic heterocycles. The summed E-state index contributed by atoms with van der Waals surface area (Å²) in [5, 5.41) is 8.66. The van der Waals surface area contributed by atoms with Crippen LogP contribution in [0.25, 0.3) is 0 Å². The first kappa shape index (κ1) is 21.5. The molecule has 3 heterocycles. The van der Waals surface area contributed by atoms with E-state index in [1.54, 1.807) is 36.3 Å². The van der Waals surface area contributed by atoms with Gasteiger partial charge >= 0.3 is 5.97 Å². The number of piperazine rings is 1. The zero-order valence-corrected chi connectivity index (χ0v) is 17.5. The number of carbonyl (C=O) groups excluding carboxylic acids is 2. The quantitative estimate of drug-likeness (QED) is 0.642. The number of aliphatic carboxylic acids is 1. The van der Waals surface area contributed by atoms with E-state index in [0.29, 0.717) is 50.7 Å². The summed E-state index contributed by atoms with van der Waals surface area (Å²) in [6, 6.07) is 7.13. The van der Waals surface area contributed by atoms with E-state index in [2.05, 4.69) is 4.90 Å². The monoisotopic (exact) mass is 433 g/mol. The molecule has 1 spiro atoms. The van der Waals surface area contributed by atoms with Crippen LogP contribution in [-0.2, 0) is 19.1 Å². The molecule has 0 saturated carbocycles. The summed E-state index contributed by atoms with van der Waals surface area (Å²) in [5.41, 5.74) is 0.271. The Balaban J connectivity index is 1.44. The van der Waals surface area contributed by atoms with Crippen LogP contribution in [0.4, 0.5) is 0 Å². The number of hydrogen-bond donors (Lipinski definition) is 1. The molecule has 0 radical (unpaired) electrons. The van der Waals surface area contributed by atoms with Gasteiger partial charge in [0.15, 0.2) is 0 Å². The number of carbonyl (C=O) groups is 3. The maximum Gasteiger partial charge on any atom is 0.329 e. The van der Waals surface area contributed by atoms with Gasteiger partial charge in [0.25, 0.3) is 5.91 Å². The number of fused-ring (bicyclic) bond motifs is 2. The summed E-state index contributed by atoms with van der Waals surface area (Å²) in [6.07, 6.45) is 0. The second-order valence-corrected chi connectivity index (χ2v) is 8.20. The van der Waals surface area contributed by atoms with Crippen LogP contribution in [-0.4, -0.2) is 115 Å². The van der Waals surface area contributed by atoms with Gasteiger partial charge in [-0.15, -0.1) is 0 Å². The number of hydrogen-bond acceptors (Lipinski definition) is 7. The van der Waals surface area contributed by atoms with Gasteiger partial charge in [0.05, 0.1) is 31.9 Å². The highest BCUT2D eigenvalue weighted by Crippen LogP contribution is 2.36. The van der Waals surface area contributed by atoms with Gasteiger partial charge < -0.3 is 29.1 Å². The predicted molar refractivity (Wildman–Crippen MR) is 108 cm³/mol. The molecule has 2 amide bonds. The average Bonchev–Trinajstić information content (AvgIpc) is 2.76. The third-order valence-electron chi connectivity index (χ3n) is 6.15. The van der Waals surface area contributed by atoms with Gasteiger partial charge in [-0.3, -0.25) is 14.5 Å². The first-order chi connectivity index (χ1) is 14.9. The zero-order chi connectivity index (χ0) is 22.0. The van der Waals surface area contributed by atoms with E-state index < -0.39 is 12.6 Å². The Kier molecular flexibility index (Phi) is 6.12. The molecule has 0 bridgehead atoms. The summed E-state index contributed by atoms with van der Waals surface area (Å²) in [6.45, 7) is 3.22. The number of carboxylic acids is 1. The first-order valence-electron chi connectivity index (χ1n) is 10.3. The van der Waals surface area contributed by atoms with Crippen LogP contribution >= 0.6 is 0 Å². The second kappa shape index (κ2) is 8.81. The third-order valence-corrected chi connectivity index (χ3v) is 6.15. The van der Waals surface area contributed by atoms with Crippen molar-refractivity contribution in [3.05, 3.63) is 29.8 Å². The van der Waals surface area contributed by atoms with Gasteiger partial charge in [0.1, 0.15) is 19.0 Å². The van der Waals surface area contributed by atoms with Crippen molar-refractivity contribution >= 4 is 17.8 Å². The first-order valence-corrected chi connectivity index (χ1v) is 10.3. The Morgan fingerprint density at radius 2 is 1.84 bits per heavy atom. The molecule has 3 aliphatic rings. The molecule has 1 N–H and O–H groups in total. The van der Waals surface area contributed by atoms with Crippen molar-refractivity contribution in [2.45, 2.75) is 11.6 Å². The minimum Gasteiger partial charge on any atom is -0.497 e. The molecule has 168 valence electrons. The largest absolute Gasteiger partial charge is 0.497 e. The van der Waals surface area contributed by atoms with E-state index in [0.717, 1.165) is 6.54 Å². The fourth-order valence-corrected chi connectivity index (χ4v) is 4.71. The summed E-state index contributed by atoms with van der Waals surface area (Å²) in [7, 11) is 1.58. The fraction of sp³-hybridized carbons (Fsp3) is 0.571. The van der Waals surface area contributed by atoms with Crippen molar-refractivity contribution in [2.24, 2.45) is 0 Å². The van der Waals surface area contributed by atoms with Crippen molar-refractivity contribution < 1.29 is 33.7 Å². The zero-order valence-electron chi connectivity index (χ0n) is 17.5. The average molecular weight is 433 g/mol. The SMILES string of the molecule is COc1ccc(C(=O)N2C[C@@H]3COCCN3C3(CN(C(=O)COCC(=O)O)C3)C2)cc1. The summed E-state index contributed by atoms with van der Waals surface area (Å²) in [5.74, 6) is -0.710. The summed E-state index contributed by atoms with van der Waals surface area (Å²) in [4.78, 5) is 42.0. The van der Waals surface area contributed by atoms with Gasteiger partial charge in [-0.05, 0) is 24.3 Å². The van der Waals surface area contributed by atoms with E-state index >= 15 is 0 Å². The Morgan fingerprint density at radius 1 is 1.13 bits per heavy atom. The molecule has 0 unspecified atom stereocenters. The number of likely N-dealkylation sites (tertiary alicyclic amines) is 1. The molecule has 1 aromatic carbocycles. The molecule has 3 saturated heterocycles. The van der Waals surface area contributed by atoms with Gasteiger partial charge in [-0.2, -0.15) is 0 Å². The highest BCUT2D eigenvalue weighted by molar-refractivity contribution is 5.94. The van der Waals surface area contributed by atoms with Crippen LogP contribution < -0.4 is 4.74 Å². The normalized spacial score (nSPS) is 22.5. The molecule has 31 heavy (non-hydrogen) atoms. The highest BCUT2D eigenvalue weighted by Gasteiger charge is 2.56. The van der Waals surface area contributed by atoms with E-state index in [9.17, 15) is 14.4 Å². The Labute approximate surface area is 180 Å². The summed E-state index contributed by atoms with van der Waals surface area (Å²) >= 11 is 0. The van der Waals surface area contributed by atoms with Gasteiger partial charge in [-0.25, -0.2) is 4.79 Å². The van der Waals surface area contributed by atoms with Crippen molar-refractivity contribution in [3.8, 4) is 5.75 Å². The van der Waals surface area contributed by atoms with Crippen LogP contribution in [0.5, 0.6) is 5.75 Å². The van der Waals surface area contributed by atoms with Crippen LogP contribution in [0.3, 0.4) is 0 Å². The number of benzene rings is 1. The number of ether oxygens (including phenoxy) is 3. The maximum absolute atomic E-state index is 13.2. The minimum atomic E-state index is -1.11. The van der Waals surface area contributed by atoms with E-state index in [1.807, 2.05) is 4.90 Å². The van der Waals surface area contributed by atoms with Crippen molar-refractivity contribution in [1.82, 2.24) is 14.7 Å². The second-order valence-electron chi connectivity index (χ2n) is 8.20. The summed E-state index contributed by atoms with van der Waals surface area (Å²) < 4.78 is 15.8. The number of carboxylic acid groups (broad SMARTS) is 1. The molecular weight excluding hydrogens is 406 g/mol. The lowest BCUT2D eigenvalue weighted by molar-refractivity contribution is -0.175. The molecule has 10 nitrogen and oxygen atoms in total. The molecule has 4 rings (SSSR count). The van der Waals surface area contributed by atoms with Gasteiger partial charge in [-0.1, -0.05) is 0 Å². The lowest BCUT2D eigenvalue weighted by Crippen LogP contribution is -2.81. The lowest BCUT2D eigenvalue weighted by atomic mass is 9.82. The molecule has 1 aromatic rings. The molecule has 10 heteroatoms. The maximum atomic E-state index is 13.2. The molecule has 0 aliphatic carbocycles. The topological polar surface area (TPSA) is 109 Å². The minimum absolute atomic E-state index is 0.0539. The molecule has 3 fully saturated rings. The third kappa shape index (κ3) is 4.36.